The first-order chi connectivity index (χ1) is 8.06. The van der Waals surface area contributed by atoms with E-state index in [0.29, 0.717) is 12.8 Å². The van der Waals surface area contributed by atoms with Crippen LogP contribution < -0.4 is 5.32 Å². The molecule has 94 valence electrons. The zero-order chi connectivity index (χ0) is 12.9. The van der Waals surface area contributed by atoms with E-state index >= 15 is 0 Å². The summed E-state index contributed by atoms with van der Waals surface area (Å²) in [5, 5.41) is 12.1. The molecule has 1 aromatic rings. The van der Waals surface area contributed by atoms with Gasteiger partial charge in [-0.25, -0.2) is 4.98 Å². The molecule has 0 unspecified atom stereocenters. The number of nitrogens with one attached hydrogen (secondary N) is 1. The summed E-state index contributed by atoms with van der Waals surface area (Å²) < 4.78 is 12.6. The van der Waals surface area contributed by atoms with Crippen molar-refractivity contribution >= 4 is 5.91 Å². The van der Waals surface area contributed by atoms with Gasteiger partial charge in [0.25, 0.3) is 5.91 Å². The largest absolute Gasteiger partial charge is 0.394 e. The van der Waals surface area contributed by atoms with Crippen molar-refractivity contribution in [1.82, 2.24) is 10.3 Å². The lowest BCUT2D eigenvalue weighted by atomic mass is 9.93. The molecule has 0 saturated carbocycles. The number of carbonyl (C=O) groups is 1. The number of hydrogen-bond acceptors (Lipinski definition) is 3. The Bertz CT molecular complexity index is 366. The molecule has 1 aromatic heterocycles. The van der Waals surface area contributed by atoms with E-state index in [-0.39, 0.29) is 18.1 Å². The minimum absolute atomic E-state index is 0.125. The number of halogens is 1. The normalized spacial score (nSPS) is 11.3. The van der Waals surface area contributed by atoms with Gasteiger partial charge in [0.15, 0.2) is 0 Å². The highest BCUT2D eigenvalue weighted by Gasteiger charge is 2.27. The van der Waals surface area contributed by atoms with E-state index in [1.165, 1.54) is 12.3 Å². The van der Waals surface area contributed by atoms with Gasteiger partial charge >= 0.3 is 0 Å². The fraction of sp³-hybridized carbons (Fsp3) is 0.500. The standard InChI is InChI=1S/C12H17FN2O2/c1-3-12(4-2,8-16)15-11(17)9-5-6-10(13)14-7-9/h5-7,16H,3-4,8H2,1-2H3,(H,15,17). The van der Waals surface area contributed by atoms with Crippen molar-refractivity contribution in [2.75, 3.05) is 6.61 Å². The number of rotatable bonds is 5. The van der Waals surface area contributed by atoms with E-state index in [1.54, 1.807) is 0 Å². The van der Waals surface area contributed by atoms with Crippen LogP contribution in [0.25, 0.3) is 0 Å². The van der Waals surface area contributed by atoms with Gasteiger partial charge in [-0.05, 0) is 25.0 Å². The van der Waals surface area contributed by atoms with E-state index in [9.17, 15) is 14.3 Å². The van der Waals surface area contributed by atoms with Gasteiger partial charge in [-0.15, -0.1) is 0 Å². The first-order valence-corrected chi connectivity index (χ1v) is 5.62. The first-order valence-electron chi connectivity index (χ1n) is 5.62. The second-order valence-electron chi connectivity index (χ2n) is 3.97. The number of amides is 1. The molecule has 5 heteroatoms. The number of aliphatic hydroxyl groups excluding tert-OH is 1. The van der Waals surface area contributed by atoms with E-state index in [1.807, 2.05) is 13.8 Å². The maximum atomic E-state index is 12.6. The molecule has 0 aromatic carbocycles. The van der Waals surface area contributed by atoms with Crippen molar-refractivity contribution in [2.45, 2.75) is 32.2 Å². The predicted molar refractivity (Wildman–Crippen MR) is 62.1 cm³/mol. The Labute approximate surface area is 99.9 Å². The minimum Gasteiger partial charge on any atom is -0.394 e. The van der Waals surface area contributed by atoms with Crippen molar-refractivity contribution in [3.05, 3.63) is 29.8 Å². The zero-order valence-electron chi connectivity index (χ0n) is 10.0. The molecule has 17 heavy (non-hydrogen) atoms. The summed E-state index contributed by atoms with van der Waals surface area (Å²) in [6, 6.07) is 2.50. The summed E-state index contributed by atoms with van der Waals surface area (Å²) in [4.78, 5) is 15.3. The smallest absolute Gasteiger partial charge is 0.253 e. The minimum atomic E-state index is -0.624. The van der Waals surface area contributed by atoms with Crippen molar-refractivity contribution in [3.63, 3.8) is 0 Å². The number of aromatic nitrogens is 1. The fourth-order valence-corrected chi connectivity index (χ4v) is 1.51. The van der Waals surface area contributed by atoms with Crippen molar-refractivity contribution in [1.29, 1.82) is 0 Å². The van der Waals surface area contributed by atoms with Gasteiger partial charge in [0.1, 0.15) is 0 Å². The van der Waals surface area contributed by atoms with Crippen LogP contribution in [0, 0.1) is 5.95 Å². The number of hydrogen-bond donors (Lipinski definition) is 2. The number of carbonyl (C=O) groups excluding carboxylic acids is 1. The Morgan fingerprint density at radius 3 is 2.53 bits per heavy atom. The molecule has 0 bridgehead atoms. The molecule has 1 rings (SSSR count). The van der Waals surface area contributed by atoms with Crippen LogP contribution >= 0.6 is 0 Å². The summed E-state index contributed by atoms with van der Waals surface area (Å²) in [6.07, 6.45) is 2.43. The zero-order valence-corrected chi connectivity index (χ0v) is 10.0. The molecule has 1 amide bonds. The van der Waals surface area contributed by atoms with Crippen LogP contribution in [-0.2, 0) is 0 Å². The molecule has 0 atom stereocenters. The summed E-state index contributed by atoms with van der Waals surface area (Å²) >= 11 is 0. The maximum Gasteiger partial charge on any atom is 0.253 e. The highest BCUT2D eigenvalue weighted by atomic mass is 19.1. The van der Waals surface area contributed by atoms with Gasteiger partial charge in [0, 0.05) is 6.20 Å². The molecule has 2 N–H and O–H groups in total. The van der Waals surface area contributed by atoms with E-state index < -0.39 is 11.5 Å². The summed E-state index contributed by atoms with van der Waals surface area (Å²) in [5.74, 6) is -0.976. The van der Waals surface area contributed by atoms with Crippen molar-refractivity contribution in [3.8, 4) is 0 Å². The van der Waals surface area contributed by atoms with Crippen LogP contribution in [0.5, 0.6) is 0 Å². The van der Waals surface area contributed by atoms with Crippen LogP contribution in [0.3, 0.4) is 0 Å². The topological polar surface area (TPSA) is 62.2 Å². The monoisotopic (exact) mass is 240 g/mol. The summed E-state index contributed by atoms with van der Waals surface area (Å²) in [5.41, 5.74) is -0.336. The van der Waals surface area contributed by atoms with E-state index in [2.05, 4.69) is 10.3 Å². The Morgan fingerprint density at radius 2 is 2.12 bits per heavy atom. The molecule has 0 fully saturated rings. The molecule has 0 aliphatic carbocycles. The van der Waals surface area contributed by atoms with Crippen LogP contribution in [-0.4, -0.2) is 28.1 Å². The van der Waals surface area contributed by atoms with Gasteiger partial charge in [-0.2, -0.15) is 4.39 Å². The van der Waals surface area contributed by atoms with E-state index in [0.717, 1.165) is 6.07 Å². The predicted octanol–water partition coefficient (Wildman–Crippen LogP) is 1.50. The lowest BCUT2D eigenvalue weighted by molar-refractivity contribution is 0.0817. The van der Waals surface area contributed by atoms with Gasteiger partial charge < -0.3 is 10.4 Å². The molecule has 1 heterocycles. The Balaban J connectivity index is 2.81. The SMILES string of the molecule is CCC(CC)(CO)NC(=O)c1ccc(F)nc1. The second kappa shape index (κ2) is 5.72. The maximum absolute atomic E-state index is 12.6. The van der Waals surface area contributed by atoms with Gasteiger partial charge in [-0.3, -0.25) is 4.79 Å². The van der Waals surface area contributed by atoms with Crippen LogP contribution in [0.4, 0.5) is 4.39 Å². The molecular formula is C12H17FN2O2. The molecule has 0 saturated heterocycles. The molecule has 0 aliphatic heterocycles. The summed E-state index contributed by atoms with van der Waals surface area (Å²) in [6.45, 7) is 3.66. The highest BCUT2D eigenvalue weighted by molar-refractivity contribution is 5.94. The third-order valence-electron chi connectivity index (χ3n) is 3.02. The number of nitrogens with zero attached hydrogens (tertiary/aromatic N) is 1. The lowest BCUT2D eigenvalue weighted by Crippen LogP contribution is -2.50. The van der Waals surface area contributed by atoms with Crippen molar-refractivity contribution < 1.29 is 14.3 Å². The average Bonchev–Trinajstić information content (AvgIpc) is 2.37. The molecule has 4 nitrogen and oxygen atoms in total. The van der Waals surface area contributed by atoms with Crippen LogP contribution in [0.2, 0.25) is 0 Å². The van der Waals surface area contributed by atoms with E-state index in [4.69, 9.17) is 0 Å². The Hall–Kier alpha value is -1.49. The number of aliphatic hydroxyl groups is 1. The second-order valence-corrected chi connectivity index (χ2v) is 3.97. The molecule has 0 spiro atoms. The average molecular weight is 240 g/mol. The fourth-order valence-electron chi connectivity index (χ4n) is 1.51. The third-order valence-corrected chi connectivity index (χ3v) is 3.02. The third kappa shape index (κ3) is 3.23. The summed E-state index contributed by atoms with van der Waals surface area (Å²) in [7, 11) is 0. The number of pyridine rings is 1. The molecule has 0 radical (unpaired) electrons. The molecule has 0 aliphatic rings. The van der Waals surface area contributed by atoms with Crippen LogP contribution in [0.15, 0.2) is 18.3 Å². The van der Waals surface area contributed by atoms with Crippen LogP contribution in [0.1, 0.15) is 37.0 Å². The first kappa shape index (κ1) is 13.6. The van der Waals surface area contributed by atoms with Gasteiger partial charge in [0.2, 0.25) is 5.95 Å². The van der Waals surface area contributed by atoms with Crippen molar-refractivity contribution in [2.24, 2.45) is 0 Å². The Morgan fingerprint density at radius 1 is 1.47 bits per heavy atom. The quantitative estimate of drug-likeness (QED) is 0.767. The molecular weight excluding hydrogens is 223 g/mol. The highest BCUT2D eigenvalue weighted by Crippen LogP contribution is 2.15. The van der Waals surface area contributed by atoms with Gasteiger partial charge in [0.05, 0.1) is 17.7 Å². The lowest BCUT2D eigenvalue weighted by Gasteiger charge is -2.30. The Kier molecular flexibility index (Phi) is 4.57. The van der Waals surface area contributed by atoms with Gasteiger partial charge in [-0.1, -0.05) is 13.8 Å².